The summed E-state index contributed by atoms with van der Waals surface area (Å²) in [5.74, 6) is 0.0296. The molecule has 3 aromatic heterocycles. The second-order valence-corrected chi connectivity index (χ2v) is 8.43. The fourth-order valence-corrected chi connectivity index (χ4v) is 3.50. The largest absolute Gasteiger partial charge is 0.342 e. The van der Waals surface area contributed by atoms with Crippen LogP contribution >= 0.6 is 0 Å². The van der Waals surface area contributed by atoms with Crippen molar-refractivity contribution in [1.82, 2.24) is 29.8 Å². The Balaban J connectivity index is 1.53. The van der Waals surface area contributed by atoms with Crippen LogP contribution in [0.15, 0.2) is 21.6 Å². The Hall–Kier alpha value is -2.97. The number of carbonyl (C=O) groups excluding carboxylic acids is 1. The van der Waals surface area contributed by atoms with Crippen molar-refractivity contribution in [3.05, 3.63) is 45.3 Å². The molecule has 148 valence electrons. The number of rotatable bonds is 3. The van der Waals surface area contributed by atoms with Gasteiger partial charge in [0.15, 0.2) is 5.65 Å². The third-order valence-corrected chi connectivity index (χ3v) is 5.30. The summed E-state index contributed by atoms with van der Waals surface area (Å²) < 4.78 is 6.13. The lowest BCUT2D eigenvalue weighted by Crippen LogP contribution is -2.30. The van der Waals surface area contributed by atoms with Crippen LogP contribution in [0.2, 0.25) is 0 Å². The van der Waals surface area contributed by atoms with Gasteiger partial charge in [-0.05, 0) is 13.3 Å². The van der Waals surface area contributed by atoms with E-state index in [1.165, 1.54) is 4.52 Å². The number of aryl methyl sites for hydroxylation is 1. The maximum absolute atomic E-state index is 12.6. The lowest BCUT2D eigenvalue weighted by atomic mass is 9.93. The number of hydrogen-bond donors (Lipinski definition) is 1. The van der Waals surface area contributed by atoms with E-state index in [9.17, 15) is 9.59 Å². The van der Waals surface area contributed by atoms with Gasteiger partial charge in [0.05, 0.1) is 12.1 Å². The third kappa shape index (κ3) is 3.32. The number of hydrogen-bond acceptors (Lipinski definition) is 6. The Labute approximate surface area is 161 Å². The minimum absolute atomic E-state index is 0.0178. The molecule has 1 aliphatic heterocycles. The first kappa shape index (κ1) is 18.4. The van der Waals surface area contributed by atoms with E-state index in [4.69, 9.17) is 4.98 Å². The number of likely N-dealkylation sites (tertiary alicyclic amines) is 1. The number of aromatic nitrogens is 5. The van der Waals surface area contributed by atoms with E-state index in [1.807, 2.05) is 6.07 Å². The second-order valence-electron chi connectivity index (χ2n) is 8.43. The highest BCUT2D eigenvalue weighted by atomic mass is 16.6. The predicted octanol–water partition coefficient (Wildman–Crippen LogP) is 1.57. The van der Waals surface area contributed by atoms with Gasteiger partial charge in [0.1, 0.15) is 11.4 Å². The van der Waals surface area contributed by atoms with Crippen molar-refractivity contribution in [2.24, 2.45) is 0 Å². The van der Waals surface area contributed by atoms with Gasteiger partial charge in [-0.15, -0.1) is 0 Å². The summed E-state index contributed by atoms with van der Waals surface area (Å²) in [5.41, 5.74) is 3.25. The number of nitrogens with one attached hydrogen (secondary N) is 1. The molecule has 1 atom stereocenters. The van der Waals surface area contributed by atoms with Crippen LogP contribution in [0.5, 0.6) is 0 Å². The van der Waals surface area contributed by atoms with E-state index in [1.54, 1.807) is 17.9 Å². The molecule has 0 radical (unpaired) electrons. The van der Waals surface area contributed by atoms with Crippen LogP contribution in [-0.4, -0.2) is 48.8 Å². The van der Waals surface area contributed by atoms with E-state index >= 15 is 0 Å². The molecule has 9 heteroatoms. The number of aromatic amines is 1. The van der Waals surface area contributed by atoms with Crippen molar-refractivity contribution in [2.45, 2.75) is 51.9 Å². The summed E-state index contributed by atoms with van der Waals surface area (Å²) in [6, 6.07) is 3.49. The van der Waals surface area contributed by atoms with Crippen molar-refractivity contribution >= 4 is 11.6 Å². The minimum atomic E-state index is -0.135. The number of fused-ring (bicyclic) bond motifs is 1. The molecule has 4 heterocycles. The summed E-state index contributed by atoms with van der Waals surface area (Å²) in [5, 5.41) is 10.6. The molecule has 0 saturated carbocycles. The van der Waals surface area contributed by atoms with Crippen LogP contribution in [0.4, 0.5) is 0 Å². The number of H-pyrrole nitrogens is 1. The van der Waals surface area contributed by atoms with E-state index in [0.717, 1.165) is 17.8 Å². The number of nitrogens with zero attached hydrogens (tertiary/aromatic N) is 5. The average Bonchev–Trinajstić information content (AvgIpc) is 3.34. The average molecular weight is 384 g/mol. The van der Waals surface area contributed by atoms with E-state index in [-0.39, 0.29) is 29.2 Å². The summed E-state index contributed by atoms with van der Waals surface area (Å²) in [6.07, 6.45) is 0.949. The molecule has 1 fully saturated rings. The first-order chi connectivity index (χ1) is 13.2. The van der Waals surface area contributed by atoms with Gasteiger partial charge in [-0.1, -0.05) is 31.1 Å². The Morgan fingerprint density at radius 2 is 2.11 bits per heavy atom. The molecular formula is C19H24N6O3. The normalized spacial score (nSPS) is 17.6. The highest BCUT2D eigenvalue weighted by Gasteiger charge is 2.30. The third-order valence-electron chi connectivity index (χ3n) is 5.30. The highest BCUT2D eigenvalue weighted by Crippen LogP contribution is 2.27. The Bertz CT molecular complexity index is 1090. The van der Waals surface area contributed by atoms with Crippen LogP contribution < -0.4 is 5.56 Å². The van der Waals surface area contributed by atoms with Crippen molar-refractivity contribution in [3.63, 3.8) is 0 Å². The topological polar surface area (TPSA) is 109 Å². The molecule has 1 amide bonds. The van der Waals surface area contributed by atoms with Crippen LogP contribution in [-0.2, 0) is 16.6 Å². The van der Waals surface area contributed by atoms with Crippen molar-refractivity contribution in [2.75, 3.05) is 13.1 Å². The molecule has 1 aliphatic rings. The summed E-state index contributed by atoms with van der Waals surface area (Å²) >= 11 is 0. The van der Waals surface area contributed by atoms with Crippen molar-refractivity contribution < 1.29 is 9.42 Å². The minimum Gasteiger partial charge on any atom is -0.342 e. The molecule has 1 N–H and O–H groups in total. The van der Waals surface area contributed by atoms with E-state index < -0.39 is 0 Å². The van der Waals surface area contributed by atoms with Gasteiger partial charge in [0.2, 0.25) is 5.91 Å². The first-order valence-electron chi connectivity index (χ1n) is 9.41. The van der Waals surface area contributed by atoms with Crippen LogP contribution in [0, 0.1) is 6.92 Å². The SMILES string of the molecule is Cc1nonc1CC(=O)N1CCC(c2cc(=O)n3[nH]c(C(C)(C)C)cc3n2)C1. The van der Waals surface area contributed by atoms with Gasteiger partial charge in [0.25, 0.3) is 5.56 Å². The predicted molar refractivity (Wildman–Crippen MR) is 101 cm³/mol. The molecule has 9 nitrogen and oxygen atoms in total. The van der Waals surface area contributed by atoms with Gasteiger partial charge < -0.3 is 4.90 Å². The summed E-state index contributed by atoms with van der Waals surface area (Å²) in [7, 11) is 0. The molecule has 1 saturated heterocycles. The zero-order valence-electron chi connectivity index (χ0n) is 16.5. The van der Waals surface area contributed by atoms with Crippen molar-refractivity contribution in [1.29, 1.82) is 0 Å². The standard InChI is InChI=1S/C19H24N6O3/c1-11-13(23-28-22-11)7-17(26)24-6-5-12(10-24)14-8-18(27)25-16(20-14)9-15(21-25)19(2,3)4/h8-9,12,21H,5-7,10H2,1-4H3. The molecule has 0 bridgehead atoms. The smallest absolute Gasteiger partial charge is 0.272 e. The van der Waals surface area contributed by atoms with Crippen molar-refractivity contribution in [3.8, 4) is 0 Å². The van der Waals surface area contributed by atoms with Gasteiger partial charge >= 0.3 is 0 Å². The summed E-state index contributed by atoms with van der Waals surface area (Å²) in [4.78, 5) is 31.6. The quantitative estimate of drug-likeness (QED) is 0.734. The Morgan fingerprint density at radius 3 is 2.79 bits per heavy atom. The van der Waals surface area contributed by atoms with Gasteiger partial charge in [0, 0.05) is 42.2 Å². The van der Waals surface area contributed by atoms with Crippen LogP contribution in [0.1, 0.15) is 55.9 Å². The monoisotopic (exact) mass is 384 g/mol. The molecule has 4 rings (SSSR count). The zero-order valence-corrected chi connectivity index (χ0v) is 16.5. The number of carbonyl (C=O) groups is 1. The molecule has 3 aromatic rings. The van der Waals surface area contributed by atoms with Gasteiger partial charge in [-0.2, -0.15) is 0 Å². The maximum Gasteiger partial charge on any atom is 0.272 e. The van der Waals surface area contributed by atoms with Crippen LogP contribution in [0.3, 0.4) is 0 Å². The molecule has 0 aromatic carbocycles. The molecule has 0 spiro atoms. The van der Waals surface area contributed by atoms with Gasteiger partial charge in [-0.3, -0.25) is 14.7 Å². The Kier molecular flexibility index (Phi) is 4.32. The lowest BCUT2D eigenvalue weighted by Gasteiger charge is -2.15. The first-order valence-corrected chi connectivity index (χ1v) is 9.41. The molecule has 1 unspecified atom stereocenters. The van der Waals surface area contributed by atoms with E-state index in [0.29, 0.717) is 30.1 Å². The lowest BCUT2D eigenvalue weighted by molar-refractivity contribution is -0.129. The Morgan fingerprint density at radius 1 is 1.32 bits per heavy atom. The molecular weight excluding hydrogens is 360 g/mol. The maximum atomic E-state index is 12.6. The van der Waals surface area contributed by atoms with E-state index in [2.05, 4.69) is 40.8 Å². The van der Waals surface area contributed by atoms with Crippen LogP contribution in [0.25, 0.3) is 5.65 Å². The molecule has 28 heavy (non-hydrogen) atoms. The summed E-state index contributed by atoms with van der Waals surface area (Å²) in [6.45, 7) is 9.18. The fraction of sp³-hybridized carbons (Fsp3) is 0.526. The second kappa shape index (κ2) is 6.57. The van der Waals surface area contributed by atoms with Gasteiger partial charge in [-0.25, -0.2) is 14.1 Å². The fourth-order valence-electron chi connectivity index (χ4n) is 3.50. The molecule has 0 aliphatic carbocycles. The zero-order chi connectivity index (χ0) is 20.1. The highest BCUT2D eigenvalue weighted by molar-refractivity contribution is 5.78. The number of amides is 1.